The van der Waals surface area contributed by atoms with Gasteiger partial charge in [0.25, 0.3) is 8.32 Å². The van der Waals surface area contributed by atoms with Crippen molar-refractivity contribution in [3.63, 3.8) is 0 Å². The summed E-state index contributed by atoms with van der Waals surface area (Å²) in [5.74, 6) is -0.285. The van der Waals surface area contributed by atoms with E-state index < -0.39 is 14.5 Å². The van der Waals surface area contributed by atoms with Gasteiger partial charge in [-0.25, -0.2) is 4.39 Å². The first-order valence-corrected chi connectivity index (χ1v) is 11.2. The maximum Gasteiger partial charge on any atom is 0.261 e. The molecule has 2 nitrogen and oxygen atoms in total. The first-order valence-electron chi connectivity index (χ1n) is 9.30. The van der Waals surface area contributed by atoms with Crippen LogP contribution in [-0.4, -0.2) is 26.4 Å². The van der Waals surface area contributed by atoms with Crippen LogP contribution in [-0.2, 0) is 9.22 Å². The minimum Gasteiger partial charge on any atom is -0.404 e. The highest BCUT2D eigenvalue weighted by molar-refractivity contribution is 6.99. The maximum atomic E-state index is 14.1. The minimum absolute atomic E-state index is 0.136. The lowest BCUT2D eigenvalue weighted by atomic mass is 9.95. The van der Waals surface area contributed by atoms with Crippen molar-refractivity contribution in [3.05, 3.63) is 60.7 Å². The summed E-state index contributed by atoms with van der Waals surface area (Å²) >= 11 is 0. The number of halogens is 1. The van der Waals surface area contributed by atoms with Crippen LogP contribution in [0.3, 0.4) is 0 Å². The number of hydrogen-bond acceptors (Lipinski definition) is 2. The smallest absolute Gasteiger partial charge is 0.261 e. The molecule has 1 saturated carbocycles. The largest absolute Gasteiger partial charge is 0.404 e. The van der Waals surface area contributed by atoms with Crippen molar-refractivity contribution >= 4 is 24.5 Å². The standard InChI is InChI=1S/C22H27FO2Si/c1-22(2,3)26(18-10-6-4-7-11-18,19-12-8-5-9-13-19)25-17-14-15-21(24)20(23)16-17/h4-13,17,20H,14-16H2,1-3H3/t17-,20-/m1/s1. The quantitative estimate of drug-likeness (QED) is 0.760. The molecule has 0 radical (unpaired) electrons. The van der Waals surface area contributed by atoms with E-state index in [1.807, 2.05) is 36.4 Å². The molecule has 138 valence electrons. The molecule has 0 spiro atoms. The molecule has 1 aliphatic rings. The van der Waals surface area contributed by atoms with Crippen LogP contribution < -0.4 is 10.4 Å². The van der Waals surface area contributed by atoms with Gasteiger partial charge in [0.1, 0.15) is 0 Å². The fourth-order valence-electron chi connectivity index (χ4n) is 3.99. The number of carbonyl (C=O) groups excluding carboxylic acids is 1. The van der Waals surface area contributed by atoms with Crippen LogP contribution >= 0.6 is 0 Å². The topological polar surface area (TPSA) is 26.3 Å². The monoisotopic (exact) mass is 370 g/mol. The molecule has 0 bridgehead atoms. The van der Waals surface area contributed by atoms with E-state index in [1.165, 1.54) is 10.4 Å². The van der Waals surface area contributed by atoms with Crippen molar-refractivity contribution in [2.45, 2.75) is 57.3 Å². The molecule has 1 fully saturated rings. The van der Waals surface area contributed by atoms with Gasteiger partial charge in [0.2, 0.25) is 0 Å². The van der Waals surface area contributed by atoms with Crippen molar-refractivity contribution in [2.24, 2.45) is 0 Å². The predicted molar refractivity (Wildman–Crippen MR) is 106 cm³/mol. The summed E-state index contributed by atoms with van der Waals surface area (Å²) in [6.07, 6.45) is -0.585. The number of Topliss-reactive ketones (excluding diaryl/α,β-unsaturated/α-hetero) is 1. The van der Waals surface area contributed by atoms with Crippen molar-refractivity contribution in [3.8, 4) is 0 Å². The van der Waals surface area contributed by atoms with Gasteiger partial charge < -0.3 is 4.43 Å². The summed E-state index contributed by atoms with van der Waals surface area (Å²) < 4.78 is 21.0. The van der Waals surface area contributed by atoms with Gasteiger partial charge in [0.05, 0.1) is 0 Å². The molecule has 1 aliphatic carbocycles. The molecule has 4 heteroatoms. The van der Waals surface area contributed by atoms with Crippen molar-refractivity contribution in [2.75, 3.05) is 0 Å². The zero-order valence-electron chi connectivity index (χ0n) is 15.7. The summed E-state index contributed by atoms with van der Waals surface area (Å²) in [6.45, 7) is 6.63. The predicted octanol–water partition coefficient (Wildman–Crippen LogP) is 4.02. The lowest BCUT2D eigenvalue weighted by molar-refractivity contribution is -0.127. The van der Waals surface area contributed by atoms with Crippen LogP contribution in [0.25, 0.3) is 0 Å². The van der Waals surface area contributed by atoms with E-state index in [2.05, 4.69) is 45.0 Å². The summed E-state index contributed by atoms with van der Waals surface area (Å²) in [5.41, 5.74) is 0. The lowest BCUT2D eigenvalue weighted by Gasteiger charge is -2.46. The van der Waals surface area contributed by atoms with E-state index in [0.717, 1.165) is 0 Å². The van der Waals surface area contributed by atoms with Crippen LogP contribution in [0.15, 0.2) is 60.7 Å². The van der Waals surface area contributed by atoms with Gasteiger partial charge in [-0.1, -0.05) is 81.4 Å². The highest BCUT2D eigenvalue weighted by Gasteiger charge is 2.52. The Kier molecular flexibility index (Phi) is 5.44. The highest BCUT2D eigenvalue weighted by Crippen LogP contribution is 2.39. The Morgan fingerprint density at radius 1 is 0.962 bits per heavy atom. The fourth-order valence-corrected chi connectivity index (χ4v) is 8.72. The second-order valence-electron chi connectivity index (χ2n) is 8.11. The first-order chi connectivity index (χ1) is 12.3. The molecule has 2 aromatic rings. The second kappa shape index (κ2) is 7.45. The number of hydrogen-bond donors (Lipinski definition) is 0. The average Bonchev–Trinajstić information content (AvgIpc) is 2.63. The van der Waals surface area contributed by atoms with E-state index in [9.17, 15) is 9.18 Å². The zero-order chi connectivity index (χ0) is 18.8. The Balaban J connectivity index is 2.10. The van der Waals surface area contributed by atoms with E-state index in [-0.39, 0.29) is 29.8 Å². The van der Waals surface area contributed by atoms with Crippen LogP contribution in [0.4, 0.5) is 4.39 Å². The highest BCUT2D eigenvalue weighted by atomic mass is 28.4. The fraction of sp³-hybridized carbons (Fsp3) is 0.409. The van der Waals surface area contributed by atoms with Crippen LogP contribution in [0.5, 0.6) is 0 Å². The summed E-state index contributed by atoms with van der Waals surface area (Å²) in [6, 6.07) is 20.7. The van der Waals surface area contributed by atoms with E-state index in [1.54, 1.807) is 0 Å². The second-order valence-corrected chi connectivity index (χ2v) is 12.4. The normalized spacial score (nSPS) is 21.6. The Hall–Kier alpha value is -1.78. The molecule has 0 aliphatic heterocycles. The lowest BCUT2D eigenvalue weighted by Crippen LogP contribution is -2.68. The number of ketones is 1. The van der Waals surface area contributed by atoms with Gasteiger partial charge in [0.15, 0.2) is 12.0 Å². The SMILES string of the molecule is CC(C)(C)[Si](O[C@@H]1CCC(=O)[C@H](F)C1)(c1ccccc1)c1ccccc1. The molecule has 0 saturated heterocycles. The van der Waals surface area contributed by atoms with Gasteiger partial charge in [-0.3, -0.25) is 4.79 Å². The Labute approximate surface area is 156 Å². The molecule has 0 N–H and O–H groups in total. The average molecular weight is 371 g/mol. The van der Waals surface area contributed by atoms with Gasteiger partial charge in [-0.15, -0.1) is 0 Å². The third kappa shape index (κ3) is 3.53. The number of rotatable bonds is 4. The molecule has 0 amide bonds. The molecule has 0 heterocycles. The maximum absolute atomic E-state index is 14.1. The third-order valence-corrected chi connectivity index (χ3v) is 10.4. The van der Waals surface area contributed by atoms with Crippen LogP contribution in [0.2, 0.25) is 5.04 Å². The number of carbonyl (C=O) groups is 1. The van der Waals surface area contributed by atoms with Crippen molar-refractivity contribution in [1.29, 1.82) is 0 Å². The van der Waals surface area contributed by atoms with E-state index >= 15 is 0 Å². The van der Waals surface area contributed by atoms with Crippen molar-refractivity contribution in [1.82, 2.24) is 0 Å². The van der Waals surface area contributed by atoms with Crippen LogP contribution in [0.1, 0.15) is 40.0 Å². The van der Waals surface area contributed by atoms with Crippen molar-refractivity contribution < 1.29 is 13.6 Å². The van der Waals surface area contributed by atoms with Crippen LogP contribution in [0, 0.1) is 0 Å². The van der Waals surface area contributed by atoms with E-state index in [0.29, 0.717) is 6.42 Å². The molecule has 2 aromatic carbocycles. The molecule has 2 atom stereocenters. The first kappa shape index (κ1) is 19.0. The summed E-state index contributed by atoms with van der Waals surface area (Å²) in [4.78, 5) is 11.6. The molecule has 26 heavy (non-hydrogen) atoms. The molecule has 3 rings (SSSR count). The zero-order valence-corrected chi connectivity index (χ0v) is 16.7. The Morgan fingerprint density at radius 3 is 1.88 bits per heavy atom. The molecule has 0 aromatic heterocycles. The number of benzene rings is 2. The van der Waals surface area contributed by atoms with Gasteiger partial charge in [-0.05, 0) is 21.8 Å². The molecule has 0 unspecified atom stereocenters. The van der Waals surface area contributed by atoms with Gasteiger partial charge in [-0.2, -0.15) is 0 Å². The Bertz CT molecular complexity index is 700. The summed E-state index contributed by atoms with van der Waals surface area (Å²) in [7, 11) is -2.67. The Morgan fingerprint density at radius 2 is 1.46 bits per heavy atom. The third-order valence-electron chi connectivity index (χ3n) is 5.29. The molecular weight excluding hydrogens is 343 g/mol. The summed E-state index contributed by atoms with van der Waals surface area (Å²) in [5, 5.41) is 2.24. The minimum atomic E-state index is -2.67. The number of alkyl halides is 1. The van der Waals surface area contributed by atoms with Gasteiger partial charge >= 0.3 is 0 Å². The molecular formula is C22H27FO2Si. The van der Waals surface area contributed by atoms with E-state index in [4.69, 9.17) is 4.43 Å². The van der Waals surface area contributed by atoms with Gasteiger partial charge in [0, 0.05) is 18.9 Å².